The second-order valence-electron chi connectivity index (χ2n) is 13.0. The van der Waals surface area contributed by atoms with Crippen LogP contribution >= 0.6 is 0 Å². The maximum absolute atomic E-state index is 12.8. The number of nitrogens with one attached hydrogen (secondary N) is 1. The molecule has 6 N–H and O–H groups in total. The van der Waals surface area contributed by atoms with Gasteiger partial charge in [-0.25, -0.2) is 0 Å². The molecular formula is C41H69NO8. The van der Waals surface area contributed by atoms with Crippen LogP contribution in [0.15, 0.2) is 72.9 Å². The molecule has 1 fully saturated rings. The number of unbranched alkanes of at least 4 members (excludes halogenated alkanes) is 7. The van der Waals surface area contributed by atoms with Gasteiger partial charge in [-0.15, -0.1) is 0 Å². The molecule has 0 bridgehead atoms. The smallest absolute Gasteiger partial charge is 0.220 e. The summed E-state index contributed by atoms with van der Waals surface area (Å²) in [5.41, 5.74) is 0. The Morgan fingerprint density at radius 2 is 1.24 bits per heavy atom. The minimum absolute atomic E-state index is 0.157. The fraction of sp³-hybridized carbons (Fsp3) is 0.683. The van der Waals surface area contributed by atoms with Crippen molar-refractivity contribution in [1.29, 1.82) is 0 Å². The Labute approximate surface area is 302 Å². The van der Waals surface area contributed by atoms with Gasteiger partial charge in [-0.05, 0) is 64.2 Å². The van der Waals surface area contributed by atoms with Gasteiger partial charge in [-0.2, -0.15) is 0 Å². The van der Waals surface area contributed by atoms with Gasteiger partial charge < -0.3 is 40.3 Å². The molecule has 0 aliphatic carbocycles. The highest BCUT2D eigenvalue weighted by atomic mass is 16.7. The summed E-state index contributed by atoms with van der Waals surface area (Å²) >= 11 is 0. The fourth-order valence-corrected chi connectivity index (χ4v) is 5.45. The zero-order chi connectivity index (χ0) is 36.7. The van der Waals surface area contributed by atoms with Gasteiger partial charge in [0.25, 0.3) is 0 Å². The number of aliphatic hydroxyl groups is 5. The van der Waals surface area contributed by atoms with Gasteiger partial charge in [0.05, 0.1) is 25.4 Å². The highest BCUT2D eigenvalue weighted by Crippen LogP contribution is 2.22. The normalized spacial score (nSPS) is 23.1. The van der Waals surface area contributed by atoms with Crippen LogP contribution in [0.4, 0.5) is 0 Å². The molecule has 0 aromatic carbocycles. The zero-order valence-corrected chi connectivity index (χ0v) is 30.9. The number of allylic oxidation sites excluding steroid dienone is 12. The van der Waals surface area contributed by atoms with Crippen LogP contribution < -0.4 is 5.32 Å². The first-order valence-electron chi connectivity index (χ1n) is 19.1. The zero-order valence-electron chi connectivity index (χ0n) is 30.9. The molecule has 9 heteroatoms. The van der Waals surface area contributed by atoms with Crippen LogP contribution in [0.5, 0.6) is 0 Å². The van der Waals surface area contributed by atoms with E-state index in [1.807, 2.05) is 0 Å². The van der Waals surface area contributed by atoms with Gasteiger partial charge in [0.2, 0.25) is 5.91 Å². The maximum Gasteiger partial charge on any atom is 0.220 e. The third-order valence-corrected chi connectivity index (χ3v) is 8.57. The molecule has 0 spiro atoms. The standard InChI is InChI=1S/C41H69NO8/c1-3-5-7-9-10-11-12-13-14-15-16-17-18-19-20-21-22-23-24-25-26-27-29-31-37(45)42-34(35(44)30-28-8-6-4-2)33-49-41-40(48)39(47)38(46)36(32-43)50-41/h5,7,10-11,13-14,16-17,19-20,22-23,34-36,38-41,43-44,46-48H,3-4,6,8-9,12,15,18,21,24-33H2,1-2H3,(H,42,45)/b7-5-,11-10-,14-13-,17-16-,20-19-,23-22-. The molecule has 0 saturated carbocycles. The first-order valence-corrected chi connectivity index (χ1v) is 19.1. The number of aliphatic hydroxyl groups excluding tert-OH is 5. The first kappa shape index (κ1) is 45.7. The van der Waals surface area contributed by atoms with Crippen LogP contribution in [-0.4, -0.2) is 87.5 Å². The predicted molar refractivity (Wildman–Crippen MR) is 202 cm³/mol. The van der Waals surface area contributed by atoms with Gasteiger partial charge in [0.1, 0.15) is 24.4 Å². The number of hydrogen-bond donors (Lipinski definition) is 6. The van der Waals surface area contributed by atoms with E-state index in [1.165, 1.54) is 0 Å². The van der Waals surface area contributed by atoms with Gasteiger partial charge in [0.15, 0.2) is 6.29 Å². The predicted octanol–water partition coefficient (Wildman–Crippen LogP) is 6.66. The average Bonchev–Trinajstić information content (AvgIpc) is 3.11. The second kappa shape index (κ2) is 31.4. The highest BCUT2D eigenvalue weighted by Gasteiger charge is 2.44. The van der Waals surface area contributed by atoms with Crippen molar-refractivity contribution in [2.45, 2.75) is 166 Å². The van der Waals surface area contributed by atoms with E-state index in [0.29, 0.717) is 12.8 Å². The Bertz CT molecular complexity index is 1000. The lowest BCUT2D eigenvalue weighted by atomic mass is 9.99. The number of ether oxygens (including phenoxy) is 2. The van der Waals surface area contributed by atoms with Crippen LogP contribution in [0.2, 0.25) is 0 Å². The molecule has 286 valence electrons. The number of hydrogen-bond acceptors (Lipinski definition) is 8. The molecule has 1 rings (SSSR count). The summed E-state index contributed by atoms with van der Waals surface area (Å²) in [6.45, 7) is 3.54. The van der Waals surface area contributed by atoms with Crippen molar-refractivity contribution in [2.75, 3.05) is 13.2 Å². The molecule has 1 amide bonds. The SMILES string of the molecule is CC/C=C\C/C=C\C/C=C\C/C=C\C/C=C\C/C=C\CCCCCCC(=O)NC(COC1OC(CO)C(O)C(O)C1O)C(O)CCCCCC. The minimum Gasteiger partial charge on any atom is -0.394 e. The molecule has 1 heterocycles. The molecule has 50 heavy (non-hydrogen) atoms. The highest BCUT2D eigenvalue weighted by molar-refractivity contribution is 5.76. The van der Waals surface area contributed by atoms with E-state index in [-0.39, 0.29) is 12.5 Å². The molecule has 9 nitrogen and oxygen atoms in total. The molecule has 7 unspecified atom stereocenters. The van der Waals surface area contributed by atoms with Crippen molar-refractivity contribution >= 4 is 5.91 Å². The minimum atomic E-state index is -1.56. The molecule has 1 aliphatic rings. The molecule has 1 saturated heterocycles. The Morgan fingerprint density at radius 3 is 1.80 bits per heavy atom. The van der Waals surface area contributed by atoms with E-state index in [9.17, 15) is 30.3 Å². The van der Waals surface area contributed by atoms with Crippen LogP contribution in [0.3, 0.4) is 0 Å². The Morgan fingerprint density at radius 1 is 0.700 bits per heavy atom. The topological polar surface area (TPSA) is 149 Å². The molecule has 1 aliphatic heterocycles. The molecule has 0 aromatic rings. The number of carbonyl (C=O) groups excluding carboxylic acids is 1. The molecule has 7 atom stereocenters. The van der Waals surface area contributed by atoms with Crippen molar-refractivity contribution in [2.24, 2.45) is 0 Å². The van der Waals surface area contributed by atoms with Crippen LogP contribution in [-0.2, 0) is 14.3 Å². The van der Waals surface area contributed by atoms with Crippen LogP contribution in [0.1, 0.15) is 123 Å². The quantitative estimate of drug-likeness (QED) is 0.0375. The van der Waals surface area contributed by atoms with Gasteiger partial charge >= 0.3 is 0 Å². The Hall–Kier alpha value is -2.37. The van der Waals surface area contributed by atoms with E-state index < -0.39 is 49.5 Å². The first-order chi connectivity index (χ1) is 24.3. The number of rotatable bonds is 29. The number of carbonyl (C=O) groups is 1. The van der Waals surface area contributed by atoms with Gasteiger partial charge in [-0.1, -0.05) is 125 Å². The second-order valence-corrected chi connectivity index (χ2v) is 13.0. The van der Waals surface area contributed by atoms with E-state index in [4.69, 9.17) is 9.47 Å². The van der Waals surface area contributed by atoms with E-state index >= 15 is 0 Å². The Balaban J connectivity index is 2.26. The van der Waals surface area contributed by atoms with E-state index in [1.54, 1.807) is 0 Å². The van der Waals surface area contributed by atoms with E-state index in [0.717, 1.165) is 96.3 Å². The van der Waals surface area contributed by atoms with Crippen molar-refractivity contribution in [3.8, 4) is 0 Å². The summed E-state index contributed by atoms with van der Waals surface area (Å²) in [4.78, 5) is 12.8. The van der Waals surface area contributed by atoms with Gasteiger partial charge in [0, 0.05) is 6.42 Å². The summed E-state index contributed by atoms with van der Waals surface area (Å²) in [7, 11) is 0. The molecule has 0 aromatic heterocycles. The monoisotopic (exact) mass is 704 g/mol. The summed E-state index contributed by atoms with van der Waals surface area (Å²) in [5.74, 6) is -0.183. The summed E-state index contributed by atoms with van der Waals surface area (Å²) < 4.78 is 11.1. The molecule has 0 radical (unpaired) electrons. The van der Waals surface area contributed by atoms with Crippen LogP contribution in [0.25, 0.3) is 0 Å². The summed E-state index contributed by atoms with van der Waals surface area (Å²) in [5, 5.41) is 53.5. The fourth-order valence-electron chi connectivity index (χ4n) is 5.45. The third-order valence-electron chi connectivity index (χ3n) is 8.57. The van der Waals surface area contributed by atoms with E-state index in [2.05, 4.69) is 92.1 Å². The lowest BCUT2D eigenvalue weighted by Gasteiger charge is -2.40. The largest absolute Gasteiger partial charge is 0.394 e. The lowest BCUT2D eigenvalue weighted by molar-refractivity contribution is -0.302. The van der Waals surface area contributed by atoms with Gasteiger partial charge in [-0.3, -0.25) is 4.79 Å². The van der Waals surface area contributed by atoms with Crippen LogP contribution in [0, 0.1) is 0 Å². The summed E-state index contributed by atoms with van der Waals surface area (Å²) in [6.07, 6.45) is 34.0. The molecular weight excluding hydrogens is 634 g/mol. The summed E-state index contributed by atoms with van der Waals surface area (Å²) in [6, 6.07) is -0.732. The lowest BCUT2D eigenvalue weighted by Crippen LogP contribution is -2.60. The van der Waals surface area contributed by atoms with Crippen molar-refractivity contribution in [3.63, 3.8) is 0 Å². The average molecular weight is 704 g/mol. The maximum atomic E-state index is 12.8. The van der Waals surface area contributed by atoms with Crippen molar-refractivity contribution < 1.29 is 39.8 Å². The third kappa shape index (κ3) is 22.4. The van der Waals surface area contributed by atoms with Crippen molar-refractivity contribution in [3.05, 3.63) is 72.9 Å². The number of amides is 1. The Kier molecular flexibility index (Phi) is 28.6. The van der Waals surface area contributed by atoms with Crippen molar-refractivity contribution in [1.82, 2.24) is 5.32 Å².